The van der Waals surface area contributed by atoms with Gasteiger partial charge in [0.05, 0.1) is 14.8 Å². The van der Waals surface area contributed by atoms with Gasteiger partial charge in [0.25, 0.3) is 0 Å². The maximum Gasteiger partial charge on any atom is 0.178 e. The predicted octanol–water partition coefficient (Wildman–Crippen LogP) is 4.10. The van der Waals surface area contributed by atoms with Gasteiger partial charge in [-0.15, -0.1) is 0 Å². The Morgan fingerprint density at radius 3 is 2.08 bits per heavy atom. The van der Waals surface area contributed by atoms with Crippen molar-refractivity contribution in [2.45, 2.75) is 10.1 Å². The van der Waals surface area contributed by atoms with Crippen molar-refractivity contribution < 1.29 is 4.39 Å². The van der Waals surface area contributed by atoms with Gasteiger partial charge in [-0.25, -0.2) is 14.4 Å². The molecule has 1 aromatic carbocycles. The van der Waals surface area contributed by atoms with E-state index in [1.807, 2.05) is 6.07 Å². The average molecular weight is 372 g/mol. The van der Waals surface area contributed by atoms with E-state index in [-0.39, 0.29) is 27.5 Å². The van der Waals surface area contributed by atoms with Gasteiger partial charge in [0.2, 0.25) is 0 Å². The fourth-order valence-corrected chi connectivity index (χ4v) is 4.47. The van der Waals surface area contributed by atoms with Crippen LogP contribution in [0.3, 0.4) is 0 Å². The molecule has 24 heavy (non-hydrogen) atoms. The molecule has 1 aliphatic heterocycles. The monoisotopic (exact) mass is 371 g/mol. The van der Waals surface area contributed by atoms with E-state index < -0.39 is 5.82 Å². The minimum Gasteiger partial charge on any atom is -0.224 e. The smallest absolute Gasteiger partial charge is 0.178 e. The Balaban J connectivity index is 2.14. The van der Waals surface area contributed by atoms with Gasteiger partial charge in [-0.05, 0) is 12.1 Å². The van der Waals surface area contributed by atoms with Gasteiger partial charge < -0.3 is 0 Å². The molecule has 114 valence electrons. The summed E-state index contributed by atoms with van der Waals surface area (Å²) in [7, 11) is 0. The van der Waals surface area contributed by atoms with Crippen LogP contribution in [0.4, 0.5) is 4.39 Å². The summed E-state index contributed by atoms with van der Waals surface area (Å²) in [6.45, 7) is 0. The summed E-state index contributed by atoms with van der Waals surface area (Å²) in [5, 5.41) is 28.4. The van der Waals surface area contributed by atoms with Crippen LogP contribution in [0.15, 0.2) is 32.5 Å². The van der Waals surface area contributed by atoms with E-state index in [0.717, 1.165) is 23.5 Å². The van der Waals surface area contributed by atoms with Gasteiger partial charge in [0, 0.05) is 5.56 Å². The summed E-state index contributed by atoms with van der Waals surface area (Å²) < 4.78 is 14.5. The summed E-state index contributed by atoms with van der Waals surface area (Å²) in [6, 6.07) is 9.73. The van der Waals surface area contributed by atoms with E-state index in [0.29, 0.717) is 14.3 Å². The number of allylic oxidation sites excluding steroid dienone is 1. The molecular weight excluding hydrogens is 369 g/mol. The zero-order valence-corrected chi connectivity index (χ0v) is 13.9. The number of fused-ring (bicyclic) bond motifs is 1. The molecule has 5 nitrogen and oxygen atoms in total. The summed E-state index contributed by atoms with van der Waals surface area (Å²) >= 11 is 8.21. The topological polar surface area (TPSA) is 97.1 Å². The maximum absolute atomic E-state index is 14.1. The molecule has 0 N–H and O–H groups in total. The molecule has 0 bridgehead atoms. The Morgan fingerprint density at radius 1 is 1.04 bits per heavy atom. The molecule has 3 rings (SSSR count). The van der Waals surface area contributed by atoms with Crippen LogP contribution >= 0.6 is 35.1 Å². The molecule has 1 aromatic heterocycles. The Hall–Kier alpha value is -2.57. The van der Waals surface area contributed by atoms with Crippen LogP contribution in [0.1, 0.15) is 17.0 Å². The minimum absolute atomic E-state index is 0.00508. The van der Waals surface area contributed by atoms with Gasteiger partial charge >= 0.3 is 0 Å². The molecule has 1 aliphatic rings. The van der Waals surface area contributed by atoms with Crippen LogP contribution in [-0.4, -0.2) is 9.97 Å². The van der Waals surface area contributed by atoms with Crippen molar-refractivity contribution in [3.05, 3.63) is 50.2 Å². The molecule has 0 atom stereocenters. The number of aromatic nitrogens is 2. The summed E-state index contributed by atoms with van der Waals surface area (Å²) in [4.78, 5) is 8.15. The lowest BCUT2D eigenvalue weighted by molar-refractivity contribution is 0.624. The molecule has 2 aromatic rings. The third-order valence-corrected chi connectivity index (χ3v) is 5.63. The van der Waals surface area contributed by atoms with E-state index >= 15 is 0 Å². The molecule has 2 heterocycles. The van der Waals surface area contributed by atoms with Gasteiger partial charge in [-0.1, -0.05) is 41.2 Å². The quantitative estimate of drug-likeness (QED) is 0.696. The fourth-order valence-electron chi connectivity index (χ4n) is 1.93. The summed E-state index contributed by atoms with van der Waals surface area (Å²) in [6.07, 6.45) is 0. The molecule has 0 aliphatic carbocycles. The highest BCUT2D eigenvalue weighted by molar-refractivity contribution is 8.24. The molecule has 0 radical (unpaired) electrons. The number of nitriles is 3. The van der Waals surface area contributed by atoms with E-state index in [1.165, 1.54) is 18.2 Å². The standard InChI is InChI=1S/C15H3ClFN5S2/c16-8-2-1-3-9(17)12(8)7(4-18)15-23-13-14(24-15)22-11(6-20)10(5-19)21-13/h1-3H. The van der Waals surface area contributed by atoms with Crippen molar-refractivity contribution in [3.8, 4) is 18.2 Å². The number of halogens is 2. The van der Waals surface area contributed by atoms with Gasteiger partial charge in [-0.2, -0.15) is 15.8 Å². The minimum atomic E-state index is -0.611. The lowest BCUT2D eigenvalue weighted by atomic mass is 10.1. The SMILES string of the molecule is N#CC(=C1Sc2nc(C#N)c(C#N)nc2S1)c1c(F)cccc1Cl. The van der Waals surface area contributed by atoms with Crippen LogP contribution in [0.2, 0.25) is 5.02 Å². The van der Waals surface area contributed by atoms with Crippen molar-refractivity contribution >= 4 is 40.7 Å². The van der Waals surface area contributed by atoms with Crippen molar-refractivity contribution in [2.24, 2.45) is 0 Å². The number of thioether (sulfide) groups is 2. The number of benzene rings is 1. The second-order valence-electron chi connectivity index (χ2n) is 4.33. The zero-order chi connectivity index (χ0) is 17.3. The van der Waals surface area contributed by atoms with Crippen molar-refractivity contribution in [2.75, 3.05) is 0 Å². The Morgan fingerprint density at radius 2 is 1.62 bits per heavy atom. The van der Waals surface area contributed by atoms with Gasteiger partial charge in [0.15, 0.2) is 11.4 Å². The first-order chi connectivity index (χ1) is 11.6. The largest absolute Gasteiger partial charge is 0.224 e. The van der Waals surface area contributed by atoms with Crippen molar-refractivity contribution in [1.29, 1.82) is 15.8 Å². The highest BCUT2D eigenvalue weighted by atomic mass is 35.5. The molecular formula is C15H3ClFN5S2. The zero-order valence-electron chi connectivity index (χ0n) is 11.5. The molecule has 0 amide bonds. The number of hydrogen-bond donors (Lipinski definition) is 0. The van der Waals surface area contributed by atoms with Gasteiger partial charge in [-0.3, -0.25) is 0 Å². The number of rotatable bonds is 1. The second kappa shape index (κ2) is 6.51. The molecule has 0 saturated carbocycles. The Labute approximate surface area is 149 Å². The average Bonchev–Trinajstić information content (AvgIpc) is 2.99. The Bertz CT molecular complexity index is 965. The summed E-state index contributed by atoms with van der Waals surface area (Å²) in [5.74, 6) is -0.611. The highest BCUT2D eigenvalue weighted by Gasteiger charge is 2.28. The summed E-state index contributed by atoms with van der Waals surface area (Å²) in [5.41, 5.74) is -0.114. The second-order valence-corrected chi connectivity index (χ2v) is 6.99. The van der Waals surface area contributed by atoms with Crippen LogP contribution in [0.25, 0.3) is 5.57 Å². The number of nitrogens with zero attached hydrogens (tertiary/aromatic N) is 5. The highest BCUT2D eigenvalue weighted by Crippen LogP contribution is 2.52. The fraction of sp³-hybridized carbons (Fsp3) is 0. The third kappa shape index (κ3) is 2.70. The van der Waals surface area contributed by atoms with Gasteiger partial charge in [0.1, 0.15) is 34.1 Å². The lowest BCUT2D eigenvalue weighted by Crippen LogP contribution is -1.96. The van der Waals surface area contributed by atoms with Crippen LogP contribution in [-0.2, 0) is 0 Å². The van der Waals surface area contributed by atoms with Crippen molar-refractivity contribution in [3.63, 3.8) is 0 Å². The molecule has 0 unspecified atom stereocenters. The third-order valence-electron chi connectivity index (χ3n) is 2.95. The van der Waals surface area contributed by atoms with E-state index in [4.69, 9.17) is 22.1 Å². The van der Waals surface area contributed by atoms with Crippen LogP contribution in [0, 0.1) is 39.8 Å². The molecule has 9 heteroatoms. The van der Waals surface area contributed by atoms with Crippen LogP contribution in [0.5, 0.6) is 0 Å². The van der Waals surface area contributed by atoms with E-state index in [2.05, 4.69) is 9.97 Å². The molecule has 0 fully saturated rings. The first-order valence-corrected chi connectivity index (χ1v) is 8.26. The predicted molar refractivity (Wildman–Crippen MR) is 87.1 cm³/mol. The molecule has 0 spiro atoms. The van der Waals surface area contributed by atoms with Crippen molar-refractivity contribution in [1.82, 2.24) is 9.97 Å². The maximum atomic E-state index is 14.1. The van der Waals surface area contributed by atoms with E-state index in [9.17, 15) is 9.65 Å². The first kappa shape index (κ1) is 16.3. The van der Waals surface area contributed by atoms with E-state index in [1.54, 1.807) is 12.1 Å². The Kier molecular flexibility index (Phi) is 4.42. The molecule has 0 saturated heterocycles. The van der Waals surface area contributed by atoms with Crippen LogP contribution < -0.4 is 0 Å². The number of hydrogen-bond acceptors (Lipinski definition) is 7. The first-order valence-electron chi connectivity index (χ1n) is 6.25. The normalized spacial score (nSPS) is 12.0. The lowest BCUT2D eigenvalue weighted by Gasteiger charge is -2.06.